The molecule has 0 aromatic rings. The molecule has 2 rings (SSSR count). The van der Waals surface area contributed by atoms with Crippen LogP contribution in [0.25, 0.3) is 0 Å². The third kappa shape index (κ3) is 4.19. The monoisotopic (exact) mass is 255 g/mol. The van der Waals surface area contributed by atoms with E-state index in [4.69, 9.17) is 4.74 Å². The van der Waals surface area contributed by atoms with E-state index in [0.29, 0.717) is 6.10 Å². The molecule has 18 heavy (non-hydrogen) atoms. The lowest BCUT2D eigenvalue weighted by Gasteiger charge is -2.39. The van der Waals surface area contributed by atoms with Crippen molar-refractivity contribution in [2.24, 2.45) is 0 Å². The average molecular weight is 255 g/mol. The molecule has 2 saturated heterocycles. The first-order valence-electron chi connectivity index (χ1n) is 7.54. The summed E-state index contributed by atoms with van der Waals surface area (Å²) in [6, 6.07) is 0.734. The van der Waals surface area contributed by atoms with Gasteiger partial charge in [0.2, 0.25) is 0 Å². The van der Waals surface area contributed by atoms with Gasteiger partial charge < -0.3 is 15.0 Å². The zero-order valence-electron chi connectivity index (χ0n) is 12.0. The number of rotatable bonds is 5. The number of likely N-dealkylation sites (N-methyl/N-ethyl adjacent to an activating group) is 1. The molecule has 4 nitrogen and oxygen atoms in total. The molecule has 0 saturated carbocycles. The molecule has 0 aromatic heterocycles. The van der Waals surface area contributed by atoms with Crippen molar-refractivity contribution < 1.29 is 4.74 Å². The summed E-state index contributed by atoms with van der Waals surface area (Å²) < 4.78 is 5.99. The number of hydrogen-bond acceptors (Lipinski definition) is 4. The Labute approximate surface area is 112 Å². The smallest absolute Gasteiger partial charge is 0.0600 e. The summed E-state index contributed by atoms with van der Waals surface area (Å²) in [7, 11) is 2.25. The number of piperazine rings is 1. The fourth-order valence-electron chi connectivity index (χ4n) is 2.96. The van der Waals surface area contributed by atoms with Gasteiger partial charge in [-0.3, -0.25) is 4.90 Å². The van der Waals surface area contributed by atoms with E-state index in [0.717, 1.165) is 32.3 Å². The van der Waals surface area contributed by atoms with Gasteiger partial charge in [0.15, 0.2) is 0 Å². The third-order valence-electron chi connectivity index (χ3n) is 4.38. The predicted molar refractivity (Wildman–Crippen MR) is 75.0 cm³/mol. The standard InChI is InChI=1S/C14H29N3O/c1-3-13-12-17(9-8-16(13)2)10-11-18-14-4-6-15-7-5-14/h13-15H,3-12H2,1-2H3. The molecule has 2 aliphatic rings. The summed E-state index contributed by atoms with van der Waals surface area (Å²) in [5.41, 5.74) is 0. The van der Waals surface area contributed by atoms with Crippen LogP contribution in [0.4, 0.5) is 0 Å². The zero-order chi connectivity index (χ0) is 12.8. The number of ether oxygens (including phenoxy) is 1. The average Bonchev–Trinajstić information content (AvgIpc) is 2.42. The van der Waals surface area contributed by atoms with Gasteiger partial charge in [-0.25, -0.2) is 0 Å². The van der Waals surface area contributed by atoms with E-state index in [9.17, 15) is 0 Å². The predicted octanol–water partition coefficient (Wildman–Crippen LogP) is 0.781. The minimum Gasteiger partial charge on any atom is -0.377 e. The molecular formula is C14H29N3O. The van der Waals surface area contributed by atoms with Crippen molar-refractivity contribution >= 4 is 0 Å². The molecule has 0 aliphatic carbocycles. The van der Waals surface area contributed by atoms with E-state index >= 15 is 0 Å². The van der Waals surface area contributed by atoms with Gasteiger partial charge in [-0.1, -0.05) is 6.92 Å². The van der Waals surface area contributed by atoms with Gasteiger partial charge in [-0.15, -0.1) is 0 Å². The van der Waals surface area contributed by atoms with Crippen LogP contribution in [0.1, 0.15) is 26.2 Å². The van der Waals surface area contributed by atoms with Gasteiger partial charge in [-0.2, -0.15) is 0 Å². The Bertz CT molecular complexity index is 231. The van der Waals surface area contributed by atoms with Crippen molar-refractivity contribution in [1.82, 2.24) is 15.1 Å². The minimum absolute atomic E-state index is 0.501. The molecule has 2 aliphatic heterocycles. The van der Waals surface area contributed by atoms with E-state index in [1.165, 1.54) is 38.9 Å². The topological polar surface area (TPSA) is 27.7 Å². The van der Waals surface area contributed by atoms with Crippen molar-refractivity contribution in [2.45, 2.75) is 38.3 Å². The highest BCUT2D eigenvalue weighted by atomic mass is 16.5. The Morgan fingerprint density at radius 1 is 1.22 bits per heavy atom. The summed E-state index contributed by atoms with van der Waals surface area (Å²) in [6.45, 7) is 10.2. The highest BCUT2D eigenvalue weighted by Crippen LogP contribution is 2.11. The number of nitrogens with one attached hydrogen (secondary N) is 1. The molecule has 2 heterocycles. The van der Waals surface area contributed by atoms with Crippen LogP contribution in [-0.4, -0.2) is 74.9 Å². The highest BCUT2D eigenvalue weighted by Gasteiger charge is 2.22. The van der Waals surface area contributed by atoms with Crippen LogP contribution in [0, 0.1) is 0 Å². The third-order valence-corrected chi connectivity index (χ3v) is 4.38. The molecule has 2 fully saturated rings. The van der Waals surface area contributed by atoms with Crippen molar-refractivity contribution in [3.63, 3.8) is 0 Å². The molecule has 1 unspecified atom stereocenters. The maximum Gasteiger partial charge on any atom is 0.0600 e. The van der Waals surface area contributed by atoms with Crippen molar-refractivity contribution in [2.75, 3.05) is 52.9 Å². The van der Waals surface area contributed by atoms with Crippen LogP contribution in [-0.2, 0) is 4.74 Å². The van der Waals surface area contributed by atoms with Crippen LogP contribution in [0.3, 0.4) is 0 Å². The second kappa shape index (κ2) is 7.43. The summed E-state index contributed by atoms with van der Waals surface area (Å²) >= 11 is 0. The molecule has 0 aromatic carbocycles. The van der Waals surface area contributed by atoms with Gasteiger partial charge in [0.25, 0.3) is 0 Å². The number of piperidine rings is 1. The molecule has 0 spiro atoms. The fourth-order valence-corrected chi connectivity index (χ4v) is 2.96. The van der Waals surface area contributed by atoms with E-state index in [1.807, 2.05) is 0 Å². The molecule has 0 radical (unpaired) electrons. The van der Waals surface area contributed by atoms with E-state index < -0.39 is 0 Å². The Hall–Kier alpha value is -0.160. The first kappa shape index (κ1) is 14.3. The Balaban J connectivity index is 1.61. The van der Waals surface area contributed by atoms with Crippen LogP contribution < -0.4 is 5.32 Å². The minimum atomic E-state index is 0.501. The molecule has 1 N–H and O–H groups in total. The van der Waals surface area contributed by atoms with Crippen molar-refractivity contribution in [3.8, 4) is 0 Å². The molecule has 0 bridgehead atoms. The van der Waals surface area contributed by atoms with E-state index in [-0.39, 0.29) is 0 Å². The normalized spacial score (nSPS) is 28.7. The maximum absolute atomic E-state index is 5.99. The summed E-state index contributed by atoms with van der Waals surface area (Å²) in [5.74, 6) is 0. The van der Waals surface area contributed by atoms with Crippen molar-refractivity contribution in [3.05, 3.63) is 0 Å². The van der Waals surface area contributed by atoms with Gasteiger partial charge >= 0.3 is 0 Å². The van der Waals surface area contributed by atoms with Crippen LogP contribution >= 0.6 is 0 Å². The fraction of sp³-hybridized carbons (Fsp3) is 1.00. The Kier molecular flexibility index (Phi) is 5.89. The Morgan fingerprint density at radius 2 is 2.00 bits per heavy atom. The van der Waals surface area contributed by atoms with E-state index in [2.05, 4.69) is 29.1 Å². The van der Waals surface area contributed by atoms with Gasteiger partial charge in [0, 0.05) is 32.2 Å². The molecule has 1 atom stereocenters. The second-order valence-electron chi connectivity index (χ2n) is 5.66. The second-order valence-corrected chi connectivity index (χ2v) is 5.66. The number of nitrogens with zero attached hydrogens (tertiary/aromatic N) is 2. The van der Waals surface area contributed by atoms with Gasteiger partial charge in [0.1, 0.15) is 0 Å². The van der Waals surface area contributed by atoms with Gasteiger partial charge in [0.05, 0.1) is 12.7 Å². The lowest BCUT2D eigenvalue weighted by molar-refractivity contribution is 0.00692. The Morgan fingerprint density at radius 3 is 2.72 bits per heavy atom. The largest absolute Gasteiger partial charge is 0.377 e. The van der Waals surface area contributed by atoms with Crippen molar-refractivity contribution in [1.29, 1.82) is 0 Å². The molecule has 106 valence electrons. The first-order valence-corrected chi connectivity index (χ1v) is 7.54. The molecule has 4 heteroatoms. The summed E-state index contributed by atoms with van der Waals surface area (Å²) in [4.78, 5) is 5.05. The highest BCUT2D eigenvalue weighted by molar-refractivity contribution is 4.79. The van der Waals surface area contributed by atoms with Crippen LogP contribution in [0.2, 0.25) is 0 Å². The quantitative estimate of drug-likeness (QED) is 0.786. The maximum atomic E-state index is 5.99. The first-order chi connectivity index (χ1) is 8.79. The molecular weight excluding hydrogens is 226 g/mol. The van der Waals surface area contributed by atoms with Crippen LogP contribution in [0.5, 0.6) is 0 Å². The number of hydrogen-bond donors (Lipinski definition) is 1. The zero-order valence-corrected chi connectivity index (χ0v) is 12.0. The lowest BCUT2D eigenvalue weighted by atomic mass is 10.1. The summed E-state index contributed by atoms with van der Waals surface area (Å²) in [5, 5.41) is 3.38. The van der Waals surface area contributed by atoms with Gasteiger partial charge in [-0.05, 0) is 39.4 Å². The molecule has 0 amide bonds. The summed E-state index contributed by atoms with van der Waals surface area (Å²) in [6.07, 6.45) is 4.11. The SMILES string of the molecule is CCC1CN(CCOC2CCNCC2)CCN1C. The van der Waals surface area contributed by atoms with Crippen LogP contribution in [0.15, 0.2) is 0 Å². The van der Waals surface area contributed by atoms with E-state index in [1.54, 1.807) is 0 Å². The lowest BCUT2D eigenvalue weighted by Crippen LogP contribution is -2.51.